The number of likely N-dealkylation sites (tertiary alicyclic amines) is 1. The number of nitrogens with one attached hydrogen (secondary N) is 2. The number of β-amino-alcohol motifs (C(OH)–C–C–N with tert-alkyl or cyclic N) is 1. The minimum Gasteiger partial charge on any atom is -0.391 e. The van der Waals surface area contributed by atoms with Crippen LogP contribution in [0.2, 0.25) is 0 Å². The molecular weight excluding hydrogens is 290 g/mol. The number of rotatable bonds is 5. The van der Waals surface area contributed by atoms with Gasteiger partial charge in [-0.25, -0.2) is 0 Å². The maximum absolute atomic E-state index is 12.3. The second-order valence-electron chi connectivity index (χ2n) is 6.77. The molecule has 0 radical (unpaired) electrons. The summed E-state index contributed by atoms with van der Waals surface area (Å²) in [6.45, 7) is 4.92. The van der Waals surface area contributed by atoms with Crippen molar-refractivity contribution in [1.82, 2.24) is 15.5 Å². The summed E-state index contributed by atoms with van der Waals surface area (Å²) in [5, 5.41) is 15.9. The summed E-state index contributed by atoms with van der Waals surface area (Å²) in [4.78, 5) is 14.7. The Kier molecular flexibility index (Phi) is 5.65. The minimum absolute atomic E-state index is 0.119. The summed E-state index contributed by atoms with van der Waals surface area (Å²) in [5.74, 6) is 0.425. The molecule has 1 aromatic rings. The van der Waals surface area contributed by atoms with E-state index in [1.54, 1.807) is 0 Å². The lowest BCUT2D eigenvalue weighted by atomic mass is 9.95. The van der Waals surface area contributed by atoms with Crippen molar-refractivity contribution in [2.45, 2.75) is 25.5 Å². The zero-order valence-corrected chi connectivity index (χ0v) is 13.6. The van der Waals surface area contributed by atoms with Crippen LogP contribution < -0.4 is 10.6 Å². The van der Waals surface area contributed by atoms with Gasteiger partial charge in [-0.1, -0.05) is 30.3 Å². The molecule has 0 spiro atoms. The van der Waals surface area contributed by atoms with Crippen LogP contribution in [0.1, 0.15) is 18.4 Å². The Bertz CT molecular complexity index is 500. The number of carbonyl (C=O) groups excluding carboxylic acids is 1. The van der Waals surface area contributed by atoms with Crippen molar-refractivity contribution in [2.75, 3.05) is 32.7 Å². The normalized spacial score (nSPS) is 26.3. The largest absolute Gasteiger partial charge is 0.391 e. The average molecular weight is 317 g/mol. The molecule has 23 heavy (non-hydrogen) atoms. The molecular formula is C18H27N3O2. The van der Waals surface area contributed by atoms with Crippen LogP contribution in [0, 0.1) is 11.8 Å². The van der Waals surface area contributed by atoms with E-state index in [4.69, 9.17) is 0 Å². The Hall–Kier alpha value is -1.43. The standard InChI is InChI=1S/C18H27N3O2/c22-17-12-19-10-16(17)11-20-18(23)15-6-8-21(9-7-15)13-14-4-2-1-3-5-14/h1-5,15-17,19,22H,6-13H2,(H,20,23). The number of aliphatic hydroxyl groups is 1. The molecule has 0 bridgehead atoms. The monoisotopic (exact) mass is 317 g/mol. The Labute approximate surface area is 138 Å². The highest BCUT2D eigenvalue weighted by Gasteiger charge is 2.28. The van der Waals surface area contributed by atoms with Crippen molar-refractivity contribution in [3.05, 3.63) is 35.9 Å². The van der Waals surface area contributed by atoms with Crippen LogP contribution in [0.25, 0.3) is 0 Å². The summed E-state index contributed by atoms with van der Waals surface area (Å²) in [5.41, 5.74) is 1.33. The Morgan fingerprint density at radius 2 is 1.96 bits per heavy atom. The number of nitrogens with zero attached hydrogens (tertiary/aromatic N) is 1. The SMILES string of the molecule is O=C(NCC1CNCC1O)C1CCN(Cc2ccccc2)CC1. The van der Waals surface area contributed by atoms with Crippen LogP contribution in [-0.4, -0.2) is 54.7 Å². The lowest BCUT2D eigenvalue weighted by Crippen LogP contribution is -2.42. The van der Waals surface area contributed by atoms with Crippen LogP contribution in [0.5, 0.6) is 0 Å². The molecule has 3 N–H and O–H groups in total. The van der Waals surface area contributed by atoms with Gasteiger partial charge in [0, 0.05) is 38.0 Å². The maximum atomic E-state index is 12.3. The van der Waals surface area contributed by atoms with Gasteiger partial charge in [0.1, 0.15) is 0 Å². The fraction of sp³-hybridized carbons (Fsp3) is 0.611. The minimum atomic E-state index is -0.331. The van der Waals surface area contributed by atoms with Crippen molar-refractivity contribution < 1.29 is 9.90 Å². The van der Waals surface area contributed by atoms with E-state index in [1.165, 1.54) is 5.56 Å². The van der Waals surface area contributed by atoms with Gasteiger partial charge in [0.15, 0.2) is 0 Å². The van der Waals surface area contributed by atoms with Crippen molar-refractivity contribution >= 4 is 5.91 Å². The van der Waals surface area contributed by atoms with Crippen molar-refractivity contribution in [1.29, 1.82) is 0 Å². The summed E-state index contributed by atoms with van der Waals surface area (Å²) in [6, 6.07) is 10.5. The fourth-order valence-electron chi connectivity index (χ4n) is 3.50. The van der Waals surface area contributed by atoms with E-state index >= 15 is 0 Å². The number of aliphatic hydroxyl groups excluding tert-OH is 1. The van der Waals surface area contributed by atoms with Gasteiger partial charge in [-0.3, -0.25) is 9.69 Å². The molecule has 2 aliphatic rings. The number of piperidine rings is 1. The maximum Gasteiger partial charge on any atom is 0.223 e. The third kappa shape index (κ3) is 4.53. The first-order valence-electron chi connectivity index (χ1n) is 8.65. The Morgan fingerprint density at radius 3 is 2.61 bits per heavy atom. The second-order valence-corrected chi connectivity index (χ2v) is 6.77. The lowest BCUT2D eigenvalue weighted by molar-refractivity contribution is -0.126. The zero-order valence-electron chi connectivity index (χ0n) is 13.6. The number of benzene rings is 1. The summed E-state index contributed by atoms with van der Waals surface area (Å²) in [7, 11) is 0. The number of hydrogen-bond donors (Lipinski definition) is 3. The average Bonchev–Trinajstić information content (AvgIpc) is 2.99. The molecule has 2 saturated heterocycles. The van der Waals surface area contributed by atoms with Gasteiger partial charge in [0.2, 0.25) is 5.91 Å². The molecule has 2 aliphatic heterocycles. The van der Waals surface area contributed by atoms with Gasteiger partial charge < -0.3 is 15.7 Å². The van der Waals surface area contributed by atoms with E-state index in [9.17, 15) is 9.90 Å². The summed E-state index contributed by atoms with van der Waals surface area (Å²) < 4.78 is 0. The lowest BCUT2D eigenvalue weighted by Gasteiger charge is -2.31. The highest BCUT2D eigenvalue weighted by atomic mass is 16.3. The molecule has 2 unspecified atom stereocenters. The Balaban J connectivity index is 1.39. The zero-order chi connectivity index (χ0) is 16.1. The molecule has 2 atom stereocenters. The van der Waals surface area contributed by atoms with Crippen LogP contribution in [0.15, 0.2) is 30.3 Å². The van der Waals surface area contributed by atoms with Crippen molar-refractivity contribution in [3.63, 3.8) is 0 Å². The molecule has 3 rings (SSSR count). The number of carbonyl (C=O) groups is 1. The second kappa shape index (κ2) is 7.90. The smallest absolute Gasteiger partial charge is 0.223 e. The highest BCUT2D eigenvalue weighted by molar-refractivity contribution is 5.78. The predicted molar refractivity (Wildman–Crippen MR) is 89.8 cm³/mol. The van der Waals surface area contributed by atoms with E-state index in [1.807, 2.05) is 6.07 Å². The summed E-state index contributed by atoms with van der Waals surface area (Å²) >= 11 is 0. The molecule has 1 aromatic carbocycles. The number of hydrogen-bond acceptors (Lipinski definition) is 4. The molecule has 0 saturated carbocycles. The van der Waals surface area contributed by atoms with Gasteiger partial charge in [0.05, 0.1) is 6.10 Å². The molecule has 0 aromatic heterocycles. The predicted octanol–water partition coefficient (Wildman–Crippen LogP) is 0.595. The third-order valence-corrected chi connectivity index (χ3v) is 5.05. The summed E-state index contributed by atoms with van der Waals surface area (Å²) in [6.07, 6.45) is 1.51. The van der Waals surface area contributed by atoms with Gasteiger partial charge in [-0.05, 0) is 31.5 Å². The van der Waals surface area contributed by atoms with Gasteiger partial charge in [0.25, 0.3) is 0 Å². The first kappa shape index (κ1) is 16.4. The van der Waals surface area contributed by atoms with Crippen molar-refractivity contribution in [2.24, 2.45) is 11.8 Å². The van der Waals surface area contributed by atoms with Gasteiger partial charge >= 0.3 is 0 Å². The van der Waals surface area contributed by atoms with Crippen LogP contribution in [0.4, 0.5) is 0 Å². The fourth-order valence-corrected chi connectivity index (χ4v) is 3.50. The molecule has 2 heterocycles. The molecule has 126 valence electrons. The van der Waals surface area contributed by atoms with Crippen molar-refractivity contribution in [3.8, 4) is 0 Å². The quantitative estimate of drug-likeness (QED) is 0.744. The van der Waals surface area contributed by atoms with E-state index in [-0.39, 0.29) is 23.8 Å². The van der Waals surface area contributed by atoms with E-state index < -0.39 is 0 Å². The third-order valence-electron chi connectivity index (χ3n) is 5.05. The van der Waals surface area contributed by atoms with Crippen LogP contribution in [0.3, 0.4) is 0 Å². The molecule has 1 amide bonds. The number of amides is 1. The first-order chi connectivity index (χ1) is 11.2. The highest BCUT2D eigenvalue weighted by Crippen LogP contribution is 2.19. The van der Waals surface area contributed by atoms with E-state index in [0.29, 0.717) is 13.1 Å². The van der Waals surface area contributed by atoms with Gasteiger partial charge in [-0.2, -0.15) is 0 Å². The molecule has 2 fully saturated rings. The van der Waals surface area contributed by atoms with Crippen LogP contribution >= 0.6 is 0 Å². The topological polar surface area (TPSA) is 64.6 Å². The Morgan fingerprint density at radius 1 is 1.22 bits per heavy atom. The van der Waals surface area contributed by atoms with Gasteiger partial charge in [-0.15, -0.1) is 0 Å². The van der Waals surface area contributed by atoms with E-state index in [2.05, 4.69) is 39.8 Å². The van der Waals surface area contributed by atoms with Crippen LogP contribution in [-0.2, 0) is 11.3 Å². The first-order valence-corrected chi connectivity index (χ1v) is 8.65. The molecule has 0 aliphatic carbocycles. The van der Waals surface area contributed by atoms with E-state index in [0.717, 1.165) is 39.0 Å². The molecule has 5 heteroatoms. The molecule has 5 nitrogen and oxygen atoms in total.